The lowest BCUT2D eigenvalue weighted by molar-refractivity contribution is 0.0258. The number of hydrogen-bond acceptors (Lipinski definition) is 3. The van der Waals surface area contributed by atoms with Crippen LogP contribution in [-0.2, 0) is 0 Å². The molecule has 17 heavy (non-hydrogen) atoms. The van der Waals surface area contributed by atoms with Crippen molar-refractivity contribution in [1.29, 1.82) is 0 Å². The van der Waals surface area contributed by atoms with Crippen molar-refractivity contribution in [2.75, 3.05) is 26.2 Å². The average Bonchev–Trinajstić information content (AvgIpc) is 2.15. The van der Waals surface area contributed by atoms with Crippen molar-refractivity contribution in [2.45, 2.75) is 59.7 Å². The Morgan fingerprint density at radius 1 is 0.882 bits per heavy atom. The highest BCUT2D eigenvalue weighted by Crippen LogP contribution is 2.27. The predicted molar refractivity (Wildman–Crippen MR) is 75.2 cm³/mol. The maximum absolute atomic E-state index is 6.19. The van der Waals surface area contributed by atoms with E-state index in [1.807, 2.05) is 0 Å². The molecule has 2 unspecified atom stereocenters. The van der Waals surface area contributed by atoms with Gasteiger partial charge in [0.1, 0.15) is 0 Å². The van der Waals surface area contributed by atoms with E-state index in [0.29, 0.717) is 12.1 Å². The van der Waals surface area contributed by atoms with Crippen LogP contribution in [-0.4, -0.2) is 54.1 Å². The second-order valence-corrected chi connectivity index (χ2v) is 6.84. The molecular weight excluding hydrogens is 210 g/mol. The van der Waals surface area contributed by atoms with Gasteiger partial charge in [0.2, 0.25) is 0 Å². The fourth-order valence-electron chi connectivity index (χ4n) is 3.20. The molecule has 1 rings (SSSR count). The molecule has 0 bridgehead atoms. The van der Waals surface area contributed by atoms with Crippen molar-refractivity contribution in [1.82, 2.24) is 9.80 Å². The molecule has 0 aromatic carbocycles. The molecule has 0 saturated carbocycles. The molecule has 1 aliphatic rings. The van der Waals surface area contributed by atoms with E-state index in [9.17, 15) is 0 Å². The lowest BCUT2D eigenvalue weighted by Gasteiger charge is -2.47. The molecule has 0 spiro atoms. The van der Waals surface area contributed by atoms with Crippen LogP contribution in [0.25, 0.3) is 0 Å². The highest BCUT2D eigenvalue weighted by Gasteiger charge is 2.34. The van der Waals surface area contributed by atoms with Gasteiger partial charge in [0.05, 0.1) is 0 Å². The third kappa shape index (κ3) is 3.94. The molecule has 0 aromatic rings. The molecule has 2 atom stereocenters. The second-order valence-electron chi connectivity index (χ2n) is 6.84. The zero-order valence-electron chi connectivity index (χ0n) is 12.5. The van der Waals surface area contributed by atoms with Gasteiger partial charge in [-0.25, -0.2) is 0 Å². The highest BCUT2D eigenvalue weighted by atomic mass is 15.3. The SMILES string of the molecule is CC(N)C(N1CCN(C(C)C)CC1)C(C)(C)C. The summed E-state index contributed by atoms with van der Waals surface area (Å²) in [6.07, 6.45) is 0. The highest BCUT2D eigenvalue weighted by molar-refractivity contribution is 4.91. The molecule has 1 saturated heterocycles. The van der Waals surface area contributed by atoms with Crippen LogP contribution in [0.5, 0.6) is 0 Å². The first kappa shape index (κ1) is 14.9. The van der Waals surface area contributed by atoms with Gasteiger partial charge in [-0.3, -0.25) is 9.80 Å². The minimum atomic E-state index is 0.237. The lowest BCUT2D eigenvalue weighted by Crippen LogP contribution is -2.59. The summed E-state index contributed by atoms with van der Waals surface area (Å²) in [7, 11) is 0. The fourth-order valence-corrected chi connectivity index (χ4v) is 3.20. The summed E-state index contributed by atoms with van der Waals surface area (Å²) < 4.78 is 0. The predicted octanol–water partition coefficient (Wildman–Crippen LogP) is 1.77. The monoisotopic (exact) mass is 241 g/mol. The summed E-state index contributed by atoms with van der Waals surface area (Å²) in [5, 5.41) is 0. The van der Waals surface area contributed by atoms with E-state index in [4.69, 9.17) is 5.73 Å². The summed E-state index contributed by atoms with van der Waals surface area (Å²) >= 11 is 0. The van der Waals surface area contributed by atoms with E-state index in [0.717, 1.165) is 13.1 Å². The summed E-state index contributed by atoms with van der Waals surface area (Å²) in [4.78, 5) is 5.14. The van der Waals surface area contributed by atoms with Crippen LogP contribution in [0.15, 0.2) is 0 Å². The van der Waals surface area contributed by atoms with Crippen LogP contribution < -0.4 is 5.73 Å². The van der Waals surface area contributed by atoms with Gasteiger partial charge in [-0.05, 0) is 26.2 Å². The van der Waals surface area contributed by atoms with E-state index in [1.54, 1.807) is 0 Å². The van der Waals surface area contributed by atoms with Gasteiger partial charge in [-0.2, -0.15) is 0 Å². The Morgan fingerprint density at radius 2 is 1.29 bits per heavy atom. The summed E-state index contributed by atoms with van der Waals surface area (Å²) in [6, 6.07) is 1.39. The Labute approximate surface area is 107 Å². The van der Waals surface area contributed by atoms with Crippen LogP contribution in [0.3, 0.4) is 0 Å². The Balaban J connectivity index is 2.62. The first-order valence-electron chi connectivity index (χ1n) is 6.97. The second kappa shape index (κ2) is 5.68. The van der Waals surface area contributed by atoms with Gasteiger partial charge in [0.25, 0.3) is 0 Å². The van der Waals surface area contributed by atoms with Crippen LogP contribution in [0.4, 0.5) is 0 Å². The lowest BCUT2D eigenvalue weighted by atomic mass is 9.81. The van der Waals surface area contributed by atoms with Crippen molar-refractivity contribution in [3.05, 3.63) is 0 Å². The van der Waals surface area contributed by atoms with Crippen molar-refractivity contribution >= 4 is 0 Å². The van der Waals surface area contributed by atoms with Gasteiger partial charge in [0.15, 0.2) is 0 Å². The summed E-state index contributed by atoms with van der Waals surface area (Å²) in [5.41, 5.74) is 6.45. The molecule has 0 aliphatic carbocycles. The molecule has 3 nitrogen and oxygen atoms in total. The number of nitrogens with zero attached hydrogens (tertiary/aromatic N) is 2. The largest absolute Gasteiger partial charge is 0.327 e. The summed E-state index contributed by atoms with van der Waals surface area (Å²) in [6.45, 7) is 18.3. The molecular formula is C14H31N3. The quantitative estimate of drug-likeness (QED) is 0.817. The van der Waals surface area contributed by atoms with E-state index < -0.39 is 0 Å². The topological polar surface area (TPSA) is 32.5 Å². The molecule has 0 aromatic heterocycles. The third-order valence-electron chi connectivity index (χ3n) is 3.86. The molecule has 2 N–H and O–H groups in total. The van der Waals surface area contributed by atoms with Crippen LogP contribution in [0.1, 0.15) is 41.5 Å². The number of rotatable bonds is 3. The molecule has 1 heterocycles. The van der Waals surface area contributed by atoms with Crippen LogP contribution >= 0.6 is 0 Å². The maximum atomic E-state index is 6.19. The number of nitrogens with two attached hydrogens (primary N) is 1. The van der Waals surface area contributed by atoms with Crippen molar-refractivity contribution in [3.63, 3.8) is 0 Å². The van der Waals surface area contributed by atoms with E-state index in [-0.39, 0.29) is 11.5 Å². The first-order valence-corrected chi connectivity index (χ1v) is 6.97. The first-order chi connectivity index (χ1) is 7.73. The smallest absolute Gasteiger partial charge is 0.0293 e. The maximum Gasteiger partial charge on any atom is 0.0293 e. The zero-order chi connectivity index (χ0) is 13.2. The Bertz CT molecular complexity index is 222. The number of piperazine rings is 1. The van der Waals surface area contributed by atoms with Gasteiger partial charge in [0, 0.05) is 44.3 Å². The standard InChI is InChI=1S/C14H31N3/c1-11(2)16-7-9-17(10-8-16)13(12(3)15)14(4,5)6/h11-13H,7-10,15H2,1-6H3. The van der Waals surface area contributed by atoms with Crippen LogP contribution in [0.2, 0.25) is 0 Å². The Kier molecular flexibility index (Phi) is 4.99. The van der Waals surface area contributed by atoms with E-state index in [1.165, 1.54) is 13.1 Å². The zero-order valence-corrected chi connectivity index (χ0v) is 12.5. The van der Waals surface area contributed by atoms with Gasteiger partial charge >= 0.3 is 0 Å². The fraction of sp³-hybridized carbons (Fsp3) is 1.00. The molecule has 102 valence electrons. The van der Waals surface area contributed by atoms with E-state index >= 15 is 0 Å². The minimum absolute atomic E-state index is 0.237. The van der Waals surface area contributed by atoms with Gasteiger partial charge < -0.3 is 5.73 Å². The molecule has 3 heteroatoms. The van der Waals surface area contributed by atoms with Crippen molar-refractivity contribution < 1.29 is 0 Å². The average molecular weight is 241 g/mol. The summed E-state index contributed by atoms with van der Waals surface area (Å²) in [5.74, 6) is 0. The Morgan fingerprint density at radius 3 is 1.59 bits per heavy atom. The number of hydrogen-bond donors (Lipinski definition) is 1. The normalized spacial score (nSPS) is 24.0. The van der Waals surface area contributed by atoms with Crippen molar-refractivity contribution in [3.8, 4) is 0 Å². The molecule has 0 radical (unpaired) electrons. The third-order valence-corrected chi connectivity index (χ3v) is 3.86. The van der Waals surface area contributed by atoms with E-state index in [2.05, 4.69) is 51.3 Å². The molecule has 1 fully saturated rings. The minimum Gasteiger partial charge on any atom is -0.327 e. The Hall–Kier alpha value is -0.120. The van der Waals surface area contributed by atoms with Gasteiger partial charge in [-0.1, -0.05) is 20.8 Å². The molecule has 1 aliphatic heterocycles. The molecule has 0 amide bonds. The van der Waals surface area contributed by atoms with Gasteiger partial charge in [-0.15, -0.1) is 0 Å². The van der Waals surface area contributed by atoms with Crippen LogP contribution in [0, 0.1) is 5.41 Å². The van der Waals surface area contributed by atoms with Crippen molar-refractivity contribution in [2.24, 2.45) is 11.1 Å².